The van der Waals surface area contributed by atoms with Crippen molar-refractivity contribution in [2.24, 2.45) is 5.41 Å². The lowest BCUT2D eigenvalue weighted by molar-refractivity contribution is -0.192. The molecule has 5 rings (SSSR count). The summed E-state index contributed by atoms with van der Waals surface area (Å²) < 4.78 is 33.8. The number of hydrogen-bond acceptors (Lipinski definition) is 6. The summed E-state index contributed by atoms with van der Waals surface area (Å²) in [4.78, 5) is 24.3. The van der Waals surface area contributed by atoms with E-state index in [2.05, 4.69) is 43.2 Å². The first-order valence-corrected chi connectivity index (χ1v) is 13.3. The van der Waals surface area contributed by atoms with Crippen LogP contribution in [0.3, 0.4) is 0 Å². The minimum absolute atomic E-state index is 0.0551. The van der Waals surface area contributed by atoms with Crippen LogP contribution in [0.2, 0.25) is 0 Å². The van der Waals surface area contributed by atoms with Crippen LogP contribution in [0.4, 0.5) is 13.2 Å². The number of rotatable bonds is 4. The molecule has 2 aliphatic heterocycles. The molecule has 1 aliphatic carbocycles. The van der Waals surface area contributed by atoms with Gasteiger partial charge >= 0.3 is 12.1 Å². The summed E-state index contributed by atoms with van der Waals surface area (Å²) in [5, 5.41) is 28.0. The predicted molar refractivity (Wildman–Crippen MR) is 134 cm³/mol. The van der Waals surface area contributed by atoms with Gasteiger partial charge in [0, 0.05) is 32.1 Å². The molecule has 1 unspecified atom stereocenters. The Morgan fingerprint density at radius 3 is 2.38 bits per heavy atom. The van der Waals surface area contributed by atoms with Gasteiger partial charge in [0.2, 0.25) is 5.82 Å². The van der Waals surface area contributed by atoms with Crippen molar-refractivity contribution in [1.29, 1.82) is 5.26 Å². The number of amides is 1. The average molecular weight is 547 g/mol. The summed E-state index contributed by atoms with van der Waals surface area (Å²) in [6.45, 7) is 3.92. The van der Waals surface area contributed by atoms with E-state index in [1.165, 1.54) is 31.2 Å². The van der Waals surface area contributed by atoms with Crippen molar-refractivity contribution in [2.75, 3.05) is 13.1 Å². The van der Waals surface area contributed by atoms with Gasteiger partial charge in [-0.1, -0.05) is 31.4 Å². The number of carbonyl (C=O) groups excluding carboxylic acids is 1. The highest BCUT2D eigenvalue weighted by Crippen LogP contribution is 2.41. The van der Waals surface area contributed by atoms with Gasteiger partial charge in [-0.05, 0) is 61.8 Å². The Kier molecular flexibility index (Phi) is 8.90. The molecule has 12 heteroatoms. The van der Waals surface area contributed by atoms with Gasteiger partial charge in [-0.3, -0.25) is 9.69 Å². The number of nitriles is 1. The minimum Gasteiger partial charge on any atom is -0.475 e. The summed E-state index contributed by atoms with van der Waals surface area (Å²) >= 11 is 0. The zero-order valence-electron chi connectivity index (χ0n) is 21.7. The first kappa shape index (κ1) is 28.5. The maximum absolute atomic E-state index is 12.9. The van der Waals surface area contributed by atoms with Gasteiger partial charge in [0.05, 0.1) is 11.6 Å². The Morgan fingerprint density at radius 2 is 1.74 bits per heavy atom. The Morgan fingerprint density at radius 1 is 1.08 bits per heavy atom. The molecule has 210 valence electrons. The number of aryl methyl sites for hydroxylation is 1. The standard InChI is InChI=1S/C25H32N6O.C2HF3O2/c26-16-19-6-8-20(9-7-19)17-30-14-12-25(18-30)11-10-22-28-29-23(31(22)15-13-25)24(32)27-21-4-2-1-3-5-21;3-2(4,5)1(6)7/h6-9,21H,1-5,10-15,17-18H2,(H,27,32);(H,6,7). The highest BCUT2D eigenvalue weighted by molar-refractivity contribution is 5.90. The second-order valence-corrected chi connectivity index (χ2v) is 10.7. The van der Waals surface area contributed by atoms with Crippen LogP contribution in [-0.2, 0) is 24.3 Å². The van der Waals surface area contributed by atoms with Crippen molar-refractivity contribution in [3.8, 4) is 6.07 Å². The molecular weight excluding hydrogens is 513 g/mol. The first-order valence-electron chi connectivity index (χ1n) is 13.3. The molecule has 3 aliphatic rings. The number of carboxylic acid groups (broad SMARTS) is 1. The van der Waals surface area contributed by atoms with Crippen molar-refractivity contribution >= 4 is 11.9 Å². The number of aliphatic carboxylic acids is 1. The van der Waals surface area contributed by atoms with E-state index in [4.69, 9.17) is 15.2 Å². The molecule has 2 N–H and O–H groups in total. The summed E-state index contributed by atoms with van der Waals surface area (Å²) in [7, 11) is 0. The molecular formula is C27H33F3N6O3. The van der Waals surface area contributed by atoms with Crippen LogP contribution in [0.5, 0.6) is 0 Å². The lowest BCUT2D eigenvalue weighted by atomic mass is 9.80. The Bertz CT molecular complexity index is 1200. The molecule has 39 heavy (non-hydrogen) atoms. The lowest BCUT2D eigenvalue weighted by Gasteiger charge is -2.28. The van der Waals surface area contributed by atoms with Crippen LogP contribution in [0.15, 0.2) is 24.3 Å². The van der Waals surface area contributed by atoms with Crippen molar-refractivity contribution in [2.45, 2.75) is 83.1 Å². The van der Waals surface area contributed by atoms with Gasteiger partial charge in [0.1, 0.15) is 5.82 Å². The van der Waals surface area contributed by atoms with Gasteiger partial charge in [0.25, 0.3) is 5.91 Å². The number of likely N-dealkylation sites (tertiary alicyclic amines) is 1. The van der Waals surface area contributed by atoms with Crippen LogP contribution in [0.1, 0.15) is 78.9 Å². The van der Waals surface area contributed by atoms with E-state index in [1.54, 1.807) is 0 Å². The minimum atomic E-state index is -5.08. The maximum atomic E-state index is 12.9. The third-order valence-electron chi connectivity index (χ3n) is 7.96. The van der Waals surface area contributed by atoms with E-state index in [-0.39, 0.29) is 17.4 Å². The summed E-state index contributed by atoms with van der Waals surface area (Å²) in [6, 6.07) is 10.4. The third kappa shape index (κ3) is 7.35. The van der Waals surface area contributed by atoms with Gasteiger partial charge in [-0.25, -0.2) is 4.79 Å². The Balaban J connectivity index is 0.000000448. The van der Waals surface area contributed by atoms with E-state index in [1.807, 2.05) is 12.1 Å². The molecule has 0 bridgehead atoms. The SMILES string of the molecule is N#Cc1ccc(CN2CCC3(CCc4nnc(C(=O)NC5CCCCC5)n4CC3)C2)cc1.O=C(O)C(F)(F)F. The zero-order valence-corrected chi connectivity index (χ0v) is 21.7. The predicted octanol–water partition coefficient (Wildman–Crippen LogP) is 4.07. The quantitative estimate of drug-likeness (QED) is 0.592. The van der Waals surface area contributed by atoms with Crippen molar-refractivity contribution in [3.05, 3.63) is 47.0 Å². The van der Waals surface area contributed by atoms with Crippen LogP contribution in [0, 0.1) is 16.7 Å². The Labute approximate surface area is 225 Å². The summed E-state index contributed by atoms with van der Waals surface area (Å²) in [6.07, 6.45) is 4.96. The van der Waals surface area contributed by atoms with E-state index in [9.17, 15) is 18.0 Å². The smallest absolute Gasteiger partial charge is 0.475 e. The van der Waals surface area contributed by atoms with Gasteiger partial charge < -0.3 is 15.0 Å². The number of carboxylic acids is 1. The normalized spacial score (nSPS) is 21.8. The fraction of sp³-hybridized carbons (Fsp3) is 0.593. The van der Waals surface area contributed by atoms with Crippen LogP contribution in [-0.4, -0.2) is 62.0 Å². The van der Waals surface area contributed by atoms with E-state index in [0.29, 0.717) is 11.4 Å². The van der Waals surface area contributed by atoms with Crippen LogP contribution < -0.4 is 5.32 Å². The summed E-state index contributed by atoms with van der Waals surface area (Å²) in [5.74, 6) is -1.36. The fourth-order valence-electron chi connectivity index (χ4n) is 5.78. The largest absolute Gasteiger partial charge is 0.490 e. The van der Waals surface area contributed by atoms with Crippen molar-refractivity contribution in [3.63, 3.8) is 0 Å². The molecule has 1 aromatic carbocycles. The number of carbonyl (C=O) groups is 2. The number of nitrogens with zero attached hydrogens (tertiary/aromatic N) is 5. The number of benzene rings is 1. The van der Waals surface area contributed by atoms with Crippen molar-refractivity contribution < 1.29 is 27.9 Å². The number of hydrogen-bond donors (Lipinski definition) is 2. The highest BCUT2D eigenvalue weighted by Gasteiger charge is 2.40. The topological polar surface area (TPSA) is 124 Å². The molecule has 2 fully saturated rings. The number of aromatic nitrogens is 3. The molecule has 1 saturated heterocycles. The van der Waals surface area contributed by atoms with Gasteiger partial charge in [-0.2, -0.15) is 18.4 Å². The van der Waals surface area contributed by atoms with Gasteiger partial charge in [-0.15, -0.1) is 10.2 Å². The number of alkyl halides is 3. The molecule has 1 aromatic heterocycles. The van der Waals surface area contributed by atoms with Crippen molar-refractivity contribution in [1.82, 2.24) is 25.0 Å². The van der Waals surface area contributed by atoms with E-state index in [0.717, 1.165) is 64.1 Å². The van der Waals surface area contributed by atoms with E-state index >= 15 is 0 Å². The molecule has 1 atom stereocenters. The van der Waals surface area contributed by atoms with Crippen LogP contribution >= 0.6 is 0 Å². The third-order valence-corrected chi connectivity index (χ3v) is 7.96. The van der Waals surface area contributed by atoms with Gasteiger partial charge in [0.15, 0.2) is 0 Å². The average Bonchev–Trinajstić information content (AvgIpc) is 3.46. The number of fused-ring (bicyclic) bond motifs is 1. The molecule has 3 heterocycles. The maximum Gasteiger partial charge on any atom is 0.490 e. The fourth-order valence-corrected chi connectivity index (χ4v) is 5.78. The Hall–Kier alpha value is -3.46. The lowest BCUT2D eigenvalue weighted by Crippen LogP contribution is -2.37. The number of nitrogens with one attached hydrogen (secondary N) is 1. The molecule has 1 amide bonds. The number of halogens is 3. The second kappa shape index (κ2) is 12.2. The second-order valence-electron chi connectivity index (χ2n) is 10.7. The first-order chi connectivity index (χ1) is 18.6. The highest BCUT2D eigenvalue weighted by atomic mass is 19.4. The molecule has 1 saturated carbocycles. The molecule has 1 spiro atoms. The molecule has 0 radical (unpaired) electrons. The molecule has 2 aromatic rings. The monoisotopic (exact) mass is 546 g/mol. The molecule has 9 nitrogen and oxygen atoms in total. The summed E-state index contributed by atoms with van der Waals surface area (Å²) in [5.41, 5.74) is 2.25. The zero-order chi connectivity index (χ0) is 28.0. The van der Waals surface area contributed by atoms with E-state index < -0.39 is 12.1 Å². The van der Waals surface area contributed by atoms with Crippen LogP contribution in [0.25, 0.3) is 0 Å².